The maximum Gasteiger partial charge on any atom is 0.160 e. The highest BCUT2D eigenvalue weighted by molar-refractivity contribution is 5.42. The van der Waals surface area contributed by atoms with Crippen molar-refractivity contribution in [3.63, 3.8) is 0 Å². The topological polar surface area (TPSA) is 21.7 Å². The van der Waals surface area contributed by atoms with Gasteiger partial charge >= 0.3 is 0 Å². The standard InChI is InChI=1S/C13H21NO2/c1-14(2)9-5-6-11-7-8-12(15-3)13(10-11)16-4/h7-8,10H,5-6,9H2,1-4H3. The summed E-state index contributed by atoms with van der Waals surface area (Å²) in [5.74, 6) is 1.60. The zero-order valence-corrected chi connectivity index (χ0v) is 10.6. The molecule has 0 aliphatic rings. The van der Waals surface area contributed by atoms with E-state index in [1.807, 2.05) is 6.07 Å². The number of benzene rings is 1. The average molecular weight is 223 g/mol. The number of hydrogen-bond acceptors (Lipinski definition) is 3. The van der Waals surface area contributed by atoms with Crippen LogP contribution in [0.5, 0.6) is 11.5 Å². The van der Waals surface area contributed by atoms with E-state index in [1.54, 1.807) is 14.2 Å². The van der Waals surface area contributed by atoms with Crippen LogP contribution in [0.1, 0.15) is 12.0 Å². The van der Waals surface area contributed by atoms with Gasteiger partial charge in [0.25, 0.3) is 0 Å². The van der Waals surface area contributed by atoms with Crippen LogP contribution in [-0.2, 0) is 6.42 Å². The van der Waals surface area contributed by atoms with Crippen molar-refractivity contribution in [2.45, 2.75) is 12.8 Å². The van der Waals surface area contributed by atoms with E-state index in [0.717, 1.165) is 30.9 Å². The van der Waals surface area contributed by atoms with E-state index < -0.39 is 0 Å². The van der Waals surface area contributed by atoms with E-state index in [4.69, 9.17) is 9.47 Å². The molecular formula is C13H21NO2. The smallest absolute Gasteiger partial charge is 0.160 e. The van der Waals surface area contributed by atoms with Gasteiger partial charge in [0.05, 0.1) is 14.2 Å². The number of ether oxygens (including phenoxy) is 2. The van der Waals surface area contributed by atoms with Crippen molar-refractivity contribution < 1.29 is 9.47 Å². The molecule has 90 valence electrons. The van der Waals surface area contributed by atoms with Crippen molar-refractivity contribution in [3.05, 3.63) is 23.8 Å². The Morgan fingerprint density at radius 2 is 1.75 bits per heavy atom. The van der Waals surface area contributed by atoms with Crippen LogP contribution in [0.25, 0.3) is 0 Å². The molecule has 0 aliphatic carbocycles. The van der Waals surface area contributed by atoms with Crippen LogP contribution < -0.4 is 9.47 Å². The van der Waals surface area contributed by atoms with Crippen molar-refractivity contribution in [2.75, 3.05) is 34.9 Å². The Balaban J connectivity index is 2.60. The van der Waals surface area contributed by atoms with Crippen LogP contribution in [0.15, 0.2) is 18.2 Å². The summed E-state index contributed by atoms with van der Waals surface area (Å²) < 4.78 is 10.5. The Hall–Kier alpha value is -1.22. The molecule has 16 heavy (non-hydrogen) atoms. The second kappa shape index (κ2) is 6.38. The van der Waals surface area contributed by atoms with Gasteiger partial charge in [-0.15, -0.1) is 0 Å². The lowest BCUT2D eigenvalue weighted by molar-refractivity contribution is 0.354. The first-order chi connectivity index (χ1) is 7.67. The van der Waals surface area contributed by atoms with E-state index in [9.17, 15) is 0 Å². The minimum absolute atomic E-state index is 0.791. The largest absolute Gasteiger partial charge is 0.493 e. The normalized spacial score (nSPS) is 10.6. The van der Waals surface area contributed by atoms with Crippen LogP contribution in [0.4, 0.5) is 0 Å². The summed E-state index contributed by atoms with van der Waals surface area (Å²) in [6, 6.07) is 6.11. The SMILES string of the molecule is COc1ccc(CCCN(C)C)cc1OC. The number of methoxy groups -OCH3 is 2. The first-order valence-electron chi connectivity index (χ1n) is 5.53. The van der Waals surface area contributed by atoms with Crippen LogP contribution in [0.2, 0.25) is 0 Å². The van der Waals surface area contributed by atoms with E-state index >= 15 is 0 Å². The van der Waals surface area contributed by atoms with Gasteiger partial charge in [-0.2, -0.15) is 0 Å². The van der Waals surface area contributed by atoms with Gasteiger partial charge in [-0.05, 0) is 51.2 Å². The molecule has 0 aliphatic heterocycles. The molecule has 1 rings (SSSR count). The predicted molar refractivity (Wildman–Crippen MR) is 66.4 cm³/mol. The zero-order chi connectivity index (χ0) is 12.0. The Labute approximate surface area is 98.0 Å². The first-order valence-corrected chi connectivity index (χ1v) is 5.53. The third-order valence-corrected chi connectivity index (χ3v) is 2.52. The molecule has 0 bridgehead atoms. The Bertz CT molecular complexity index is 324. The molecule has 1 aromatic carbocycles. The van der Waals surface area contributed by atoms with Crippen LogP contribution in [0, 0.1) is 0 Å². The molecular weight excluding hydrogens is 202 g/mol. The zero-order valence-electron chi connectivity index (χ0n) is 10.6. The molecule has 0 saturated carbocycles. The van der Waals surface area contributed by atoms with Gasteiger partial charge in [0, 0.05) is 0 Å². The van der Waals surface area contributed by atoms with Crippen molar-refractivity contribution in [1.82, 2.24) is 4.90 Å². The van der Waals surface area contributed by atoms with Crippen LogP contribution in [0.3, 0.4) is 0 Å². The van der Waals surface area contributed by atoms with Crippen LogP contribution in [-0.4, -0.2) is 39.8 Å². The Morgan fingerprint density at radius 3 is 2.31 bits per heavy atom. The molecule has 3 heteroatoms. The predicted octanol–water partition coefficient (Wildman–Crippen LogP) is 2.20. The number of nitrogens with zero attached hydrogens (tertiary/aromatic N) is 1. The minimum Gasteiger partial charge on any atom is -0.493 e. The maximum absolute atomic E-state index is 5.27. The van der Waals surface area contributed by atoms with Gasteiger partial charge in [-0.3, -0.25) is 0 Å². The fraction of sp³-hybridized carbons (Fsp3) is 0.538. The lowest BCUT2D eigenvalue weighted by atomic mass is 10.1. The number of rotatable bonds is 6. The van der Waals surface area contributed by atoms with Crippen LogP contribution >= 0.6 is 0 Å². The molecule has 1 aromatic rings. The van der Waals surface area contributed by atoms with E-state index in [0.29, 0.717) is 0 Å². The van der Waals surface area contributed by atoms with Crippen molar-refractivity contribution in [2.24, 2.45) is 0 Å². The molecule has 0 saturated heterocycles. The summed E-state index contributed by atoms with van der Waals surface area (Å²) in [5.41, 5.74) is 1.29. The van der Waals surface area contributed by atoms with Gasteiger partial charge in [-0.1, -0.05) is 6.07 Å². The fourth-order valence-electron chi connectivity index (χ4n) is 1.64. The van der Waals surface area contributed by atoms with E-state index in [-0.39, 0.29) is 0 Å². The number of hydrogen-bond donors (Lipinski definition) is 0. The minimum atomic E-state index is 0.791. The summed E-state index contributed by atoms with van der Waals surface area (Å²) in [5, 5.41) is 0. The highest BCUT2D eigenvalue weighted by atomic mass is 16.5. The molecule has 0 fully saturated rings. The molecule has 0 amide bonds. The van der Waals surface area contributed by atoms with E-state index in [1.165, 1.54) is 5.56 Å². The lowest BCUT2D eigenvalue weighted by Gasteiger charge is -2.11. The summed E-state index contributed by atoms with van der Waals surface area (Å²) in [4.78, 5) is 2.20. The summed E-state index contributed by atoms with van der Waals surface area (Å²) in [7, 11) is 7.51. The van der Waals surface area contributed by atoms with Gasteiger partial charge in [-0.25, -0.2) is 0 Å². The monoisotopic (exact) mass is 223 g/mol. The molecule has 0 spiro atoms. The number of aryl methyl sites for hydroxylation is 1. The van der Waals surface area contributed by atoms with Crippen molar-refractivity contribution >= 4 is 0 Å². The molecule has 0 heterocycles. The molecule has 0 aromatic heterocycles. The second-order valence-corrected chi connectivity index (χ2v) is 4.10. The molecule has 0 unspecified atom stereocenters. The molecule has 0 atom stereocenters. The summed E-state index contributed by atoms with van der Waals surface area (Å²) >= 11 is 0. The third kappa shape index (κ3) is 3.74. The highest BCUT2D eigenvalue weighted by Crippen LogP contribution is 2.27. The average Bonchev–Trinajstić information content (AvgIpc) is 2.28. The van der Waals surface area contributed by atoms with Gasteiger partial charge in [0.1, 0.15) is 0 Å². The summed E-state index contributed by atoms with van der Waals surface area (Å²) in [6.45, 7) is 1.11. The Kier molecular flexibility index (Phi) is 5.12. The Morgan fingerprint density at radius 1 is 1.06 bits per heavy atom. The highest BCUT2D eigenvalue weighted by Gasteiger charge is 2.04. The maximum atomic E-state index is 5.27. The van der Waals surface area contributed by atoms with Gasteiger partial charge < -0.3 is 14.4 Å². The third-order valence-electron chi connectivity index (χ3n) is 2.52. The fourth-order valence-corrected chi connectivity index (χ4v) is 1.64. The first kappa shape index (κ1) is 12.8. The van der Waals surface area contributed by atoms with Crippen molar-refractivity contribution in [1.29, 1.82) is 0 Å². The van der Waals surface area contributed by atoms with Gasteiger partial charge in [0.2, 0.25) is 0 Å². The van der Waals surface area contributed by atoms with Crippen molar-refractivity contribution in [3.8, 4) is 11.5 Å². The summed E-state index contributed by atoms with van der Waals surface area (Å²) in [6.07, 6.45) is 2.22. The second-order valence-electron chi connectivity index (χ2n) is 4.10. The molecule has 0 N–H and O–H groups in total. The lowest BCUT2D eigenvalue weighted by Crippen LogP contribution is -2.13. The molecule has 3 nitrogen and oxygen atoms in total. The quantitative estimate of drug-likeness (QED) is 0.738. The van der Waals surface area contributed by atoms with Gasteiger partial charge in [0.15, 0.2) is 11.5 Å². The molecule has 0 radical (unpaired) electrons. The van der Waals surface area contributed by atoms with E-state index in [2.05, 4.69) is 31.1 Å².